The van der Waals surface area contributed by atoms with Gasteiger partial charge in [0.2, 0.25) is 0 Å². The van der Waals surface area contributed by atoms with Crippen molar-refractivity contribution < 1.29 is 9.53 Å². The molecule has 0 bridgehead atoms. The van der Waals surface area contributed by atoms with Gasteiger partial charge in [-0.1, -0.05) is 68.8 Å². The van der Waals surface area contributed by atoms with Crippen molar-refractivity contribution in [3.05, 3.63) is 89.5 Å². The molecule has 0 N–H and O–H groups in total. The first kappa shape index (κ1) is 18.9. The predicted molar refractivity (Wildman–Crippen MR) is 111 cm³/mol. The van der Waals surface area contributed by atoms with Crippen molar-refractivity contribution in [3.63, 3.8) is 0 Å². The lowest BCUT2D eigenvalue weighted by Gasteiger charge is -2.07. The van der Waals surface area contributed by atoms with Gasteiger partial charge in [-0.05, 0) is 65.8 Å². The summed E-state index contributed by atoms with van der Waals surface area (Å²) in [6.07, 6.45) is 4.52. The summed E-state index contributed by atoms with van der Waals surface area (Å²) in [7, 11) is 0. The average Bonchev–Trinajstić information content (AvgIpc) is 2.73. The van der Waals surface area contributed by atoms with E-state index in [1.165, 1.54) is 24.0 Å². The lowest BCUT2D eigenvalue weighted by atomic mass is 10.0. The Balaban J connectivity index is 1.66. The van der Waals surface area contributed by atoms with Crippen LogP contribution in [0.1, 0.15) is 48.2 Å². The molecular weight excluding hydrogens is 332 g/mol. The SMILES string of the molecule is CCCCc1ccc(-c2ccc(C(=O)Oc3ccc(CC)cc3)cc2)cc1. The van der Waals surface area contributed by atoms with Gasteiger partial charge in [0.05, 0.1) is 5.56 Å². The second kappa shape index (κ2) is 9.18. The van der Waals surface area contributed by atoms with Crippen molar-refractivity contribution in [1.29, 1.82) is 0 Å². The highest BCUT2D eigenvalue weighted by molar-refractivity contribution is 5.91. The van der Waals surface area contributed by atoms with Gasteiger partial charge >= 0.3 is 5.97 Å². The molecular formula is C25H26O2. The van der Waals surface area contributed by atoms with Gasteiger partial charge in [-0.2, -0.15) is 0 Å². The fourth-order valence-electron chi connectivity index (χ4n) is 3.00. The van der Waals surface area contributed by atoms with Gasteiger partial charge in [-0.3, -0.25) is 0 Å². The molecule has 0 heterocycles. The first-order chi connectivity index (χ1) is 13.2. The third-order valence-corrected chi connectivity index (χ3v) is 4.77. The number of hydrogen-bond acceptors (Lipinski definition) is 2. The minimum Gasteiger partial charge on any atom is -0.423 e. The monoisotopic (exact) mass is 358 g/mol. The second-order valence-corrected chi connectivity index (χ2v) is 6.76. The molecule has 0 saturated heterocycles. The fraction of sp³-hybridized carbons (Fsp3) is 0.240. The Morgan fingerprint density at radius 1 is 0.741 bits per heavy atom. The third kappa shape index (κ3) is 5.07. The van der Waals surface area contributed by atoms with Gasteiger partial charge < -0.3 is 4.74 Å². The Morgan fingerprint density at radius 2 is 1.30 bits per heavy atom. The maximum atomic E-state index is 12.3. The molecule has 0 unspecified atom stereocenters. The minimum atomic E-state index is -0.333. The van der Waals surface area contributed by atoms with Crippen molar-refractivity contribution in [2.24, 2.45) is 0 Å². The summed E-state index contributed by atoms with van der Waals surface area (Å²) >= 11 is 0. The normalized spacial score (nSPS) is 10.6. The van der Waals surface area contributed by atoms with Gasteiger partial charge in [0.25, 0.3) is 0 Å². The fourth-order valence-corrected chi connectivity index (χ4v) is 3.00. The van der Waals surface area contributed by atoms with E-state index in [-0.39, 0.29) is 5.97 Å². The molecule has 0 atom stereocenters. The molecule has 3 aromatic carbocycles. The average molecular weight is 358 g/mol. The summed E-state index contributed by atoms with van der Waals surface area (Å²) < 4.78 is 5.46. The highest BCUT2D eigenvalue weighted by Gasteiger charge is 2.09. The van der Waals surface area contributed by atoms with Crippen LogP contribution in [-0.4, -0.2) is 5.97 Å². The first-order valence-electron chi connectivity index (χ1n) is 9.70. The van der Waals surface area contributed by atoms with Gasteiger partial charge in [0.1, 0.15) is 5.75 Å². The van der Waals surface area contributed by atoms with E-state index in [4.69, 9.17) is 4.74 Å². The quantitative estimate of drug-likeness (QED) is 0.357. The van der Waals surface area contributed by atoms with E-state index in [1.54, 1.807) is 0 Å². The zero-order valence-electron chi connectivity index (χ0n) is 16.1. The molecule has 0 aliphatic rings. The zero-order chi connectivity index (χ0) is 19.1. The molecule has 0 saturated carbocycles. The summed E-state index contributed by atoms with van der Waals surface area (Å²) in [6.45, 7) is 4.31. The van der Waals surface area contributed by atoms with Gasteiger partial charge in [0.15, 0.2) is 0 Å². The summed E-state index contributed by atoms with van der Waals surface area (Å²) in [6, 6.07) is 23.9. The number of aryl methyl sites for hydroxylation is 2. The van der Waals surface area contributed by atoms with Gasteiger partial charge in [0, 0.05) is 0 Å². The van der Waals surface area contributed by atoms with Crippen LogP contribution in [0.4, 0.5) is 0 Å². The molecule has 3 rings (SSSR count). The Bertz CT molecular complexity index is 860. The Hall–Kier alpha value is -2.87. The Morgan fingerprint density at radius 3 is 1.85 bits per heavy atom. The van der Waals surface area contributed by atoms with Gasteiger partial charge in [-0.15, -0.1) is 0 Å². The van der Waals surface area contributed by atoms with Crippen molar-refractivity contribution in [2.75, 3.05) is 0 Å². The summed E-state index contributed by atoms with van der Waals surface area (Å²) in [4.78, 5) is 12.3. The number of unbranched alkanes of at least 4 members (excludes halogenated alkanes) is 1. The lowest BCUT2D eigenvalue weighted by Crippen LogP contribution is -2.08. The summed E-state index contributed by atoms with van der Waals surface area (Å²) in [5.74, 6) is 0.240. The van der Waals surface area contributed by atoms with E-state index in [1.807, 2.05) is 48.5 Å². The number of esters is 1. The van der Waals surface area contributed by atoms with Crippen LogP contribution in [0.15, 0.2) is 72.8 Å². The van der Waals surface area contributed by atoms with Crippen molar-refractivity contribution in [1.82, 2.24) is 0 Å². The molecule has 0 amide bonds. The van der Waals surface area contributed by atoms with E-state index in [0.717, 1.165) is 24.0 Å². The molecule has 0 fully saturated rings. The number of benzene rings is 3. The van der Waals surface area contributed by atoms with Crippen molar-refractivity contribution >= 4 is 5.97 Å². The molecule has 0 radical (unpaired) electrons. The van der Waals surface area contributed by atoms with Crippen LogP contribution >= 0.6 is 0 Å². The number of hydrogen-bond donors (Lipinski definition) is 0. The minimum absolute atomic E-state index is 0.333. The van der Waals surface area contributed by atoms with Crippen LogP contribution in [-0.2, 0) is 12.8 Å². The van der Waals surface area contributed by atoms with Crippen molar-refractivity contribution in [3.8, 4) is 16.9 Å². The van der Waals surface area contributed by atoms with Crippen LogP contribution in [0.25, 0.3) is 11.1 Å². The van der Waals surface area contributed by atoms with Gasteiger partial charge in [-0.25, -0.2) is 4.79 Å². The first-order valence-corrected chi connectivity index (χ1v) is 9.70. The lowest BCUT2D eigenvalue weighted by molar-refractivity contribution is 0.0735. The van der Waals surface area contributed by atoms with E-state index in [0.29, 0.717) is 11.3 Å². The summed E-state index contributed by atoms with van der Waals surface area (Å²) in [5, 5.41) is 0. The standard InChI is InChI=1S/C25H26O2/c1-3-5-6-20-7-11-21(12-8-20)22-13-15-23(16-14-22)25(26)27-24-17-9-19(4-2)10-18-24/h7-18H,3-6H2,1-2H3. The largest absolute Gasteiger partial charge is 0.423 e. The molecule has 2 nitrogen and oxygen atoms in total. The van der Waals surface area contributed by atoms with Crippen LogP contribution in [0, 0.1) is 0 Å². The molecule has 0 aliphatic carbocycles. The maximum Gasteiger partial charge on any atom is 0.343 e. The Labute approximate surface area is 161 Å². The molecule has 138 valence electrons. The predicted octanol–water partition coefficient (Wildman–Crippen LogP) is 6.48. The Kier molecular flexibility index (Phi) is 6.43. The number of ether oxygens (including phenoxy) is 1. The van der Waals surface area contributed by atoms with Crippen LogP contribution < -0.4 is 4.74 Å². The maximum absolute atomic E-state index is 12.3. The molecule has 0 aromatic heterocycles. The van der Waals surface area contributed by atoms with Crippen LogP contribution in [0.3, 0.4) is 0 Å². The molecule has 0 spiro atoms. The molecule has 27 heavy (non-hydrogen) atoms. The zero-order valence-corrected chi connectivity index (χ0v) is 16.1. The van der Waals surface area contributed by atoms with E-state index in [2.05, 4.69) is 38.1 Å². The van der Waals surface area contributed by atoms with E-state index >= 15 is 0 Å². The highest BCUT2D eigenvalue weighted by Crippen LogP contribution is 2.22. The highest BCUT2D eigenvalue weighted by atomic mass is 16.5. The van der Waals surface area contributed by atoms with E-state index < -0.39 is 0 Å². The smallest absolute Gasteiger partial charge is 0.343 e. The topological polar surface area (TPSA) is 26.3 Å². The number of rotatable bonds is 7. The number of carbonyl (C=O) groups is 1. The second-order valence-electron chi connectivity index (χ2n) is 6.76. The molecule has 0 aliphatic heterocycles. The van der Waals surface area contributed by atoms with Crippen LogP contribution in [0.5, 0.6) is 5.75 Å². The third-order valence-electron chi connectivity index (χ3n) is 4.77. The molecule has 3 aromatic rings. The van der Waals surface area contributed by atoms with Crippen LogP contribution in [0.2, 0.25) is 0 Å². The summed E-state index contributed by atoms with van der Waals surface area (Å²) in [5.41, 5.74) is 5.40. The number of carbonyl (C=O) groups excluding carboxylic acids is 1. The molecule has 2 heteroatoms. The van der Waals surface area contributed by atoms with E-state index in [9.17, 15) is 4.79 Å². The van der Waals surface area contributed by atoms with Crippen molar-refractivity contribution in [2.45, 2.75) is 39.5 Å².